The molecule has 2 aromatic carbocycles. The number of nitrogens with zero attached hydrogens (tertiary/aromatic N) is 2. The summed E-state index contributed by atoms with van der Waals surface area (Å²) in [6.45, 7) is 1.20. The lowest BCUT2D eigenvalue weighted by Crippen LogP contribution is -2.36. The third-order valence-corrected chi connectivity index (χ3v) is 3.48. The van der Waals surface area contributed by atoms with Gasteiger partial charge in [0, 0.05) is 34.2 Å². The highest BCUT2D eigenvalue weighted by atomic mass is 127. The van der Waals surface area contributed by atoms with Crippen LogP contribution >= 0.6 is 24.0 Å². The van der Waals surface area contributed by atoms with Gasteiger partial charge in [-0.05, 0) is 23.3 Å². The molecule has 0 atom stereocenters. The van der Waals surface area contributed by atoms with Crippen LogP contribution < -0.4 is 15.5 Å². The third kappa shape index (κ3) is 5.99. The third-order valence-electron chi connectivity index (χ3n) is 3.48. The Morgan fingerprint density at radius 2 is 1.62 bits per heavy atom. The molecule has 0 fully saturated rings. The molecule has 0 heterocycles. The van der Waals surface area contributed by atoms with Crippen molar-refractivity contribution in [2.45, 2.75) is 13.1 Å². The Kier molecular flexibility index (Phi) is 8.53. The first-order valence-corrected chi connectivity index (χ1v) is 7.54. The molecule has 130 valence electrons. The highest BCUT2D eigenvalue weighted by molar-refractivity contribution is 14.0. The van der Waals surface area contributed by atoms with Crippen LogP contribution in [0.5, 0.6) is 0 Å². The number of anilines is 1. The summed E-state index contributed by atoms with van der Waals surface area (Å²) in [5.41, 5.74) is 2.63. The van der Waals surface area contributed by atoms with Crippen LogP contribution in [-0.2, 0) is 13.1 Å². The van der Waals surface area contributed by atoms with E-state index in [4.69, 9.17) is 0 Å². The van der Waals surface area contributed by atoms with Crippen LogP contribution in [0.25, 0.3) is 0 Å². The molecule has 0 aliphatic carbocycles. The van der Waals surface area contributed by atoms with Gasteiger partial charge in [-0.3, -0.25) is 4.99 Å². The van der Waals surface area contributed by atoms with E-state index in [9.17, 15) is 4.39 Å². The van der Waals surface area contributed by atoms with E-state index in [-0.39, 0.29) is 29.8 Å². The summed E-state index contributed by atoms with van der Waals surface area (Å²) in [6.07, 6.45) is 0. The fourth-order valence-electron chi connectivity index (χ4n) is 2.21. The summed E-state index contributed by atoms with van der Waals surface area (Å²) in [4.78, 5) is 5.94. The topological polar surface area (TPSA) is 39.7 Å². The Labute approximate surface area is 160 Å². The first kappa shape index (κ1) is 20.2. The highest BCUT2D eigenvalue weighted by Crippen LogP contribution is 2.18. The average molecular weight is 442 g/mol. The lowest BCUT2D eigenvalue weighted by atomic mass is 10.2. The number of hydrogen-bond acceptors (Lipinski definition) is 2. The van der Waals surface area contributed by atoms with Gasteiger partial charge in [-0.15, -0.1) is 24.0 Å². The van der Waals surface area contributed by atoms with Crippen LogP contribution in [0, 0.1) is 5.82 Å². The number of rotatable bonds is 5. The average Bonchev–Trinajstić information content (AvgIpc) is 2.55. The van der Waals surface area contributed by atoms with Crippen LogP contribution in [0.15, 0.2) is 53.5 Å². The standard InChI is InChI=1S/C18H23FN4.HI/c1-20-18(21-12-14-7-5-4-6-8-14)22-13-15-9-10-17(23(2)3)16(19)11-15;/h4-11H,12-13H2,1-3H3,(H2,20,21,22);1H. The van der Waals surface area contributed by atoms with Crippen molar-refractivity contribution in [2.24, 2.45) is 4.99 Å². The van der Waals surface area contributed by atoms with Gasteiger partial charge in [-0.25, -0.2) is 4.39 Å². The summed E-state index contributed by atoms with van der Waals surface area (Å²) in [6, 6.07) is 15.3. The van der Waals surface area contributed by atoms with Crippen molar-refractivity contribution >= 4 is 35.6 Å². The number of guanidine groups is 1. The van der Waals surface area contributed by atoms with E-state index in [2.05, 4.69) is 27.8 Å². The van der Waals surface area contributed by atoms with E-state index >= 15 is 0 Å². The maximum atomic E-state index is 14.0. The van der Waals surface area contributed by atoms with Crippen molar-refractivity contribution in [3.63, 3.8) is 0 Å². The van der Waals surface area contributed by atoms with Gasteiger partial charge >= 0.3 is 0 Å². The lowest BCUT2D eigenvalue weighted by Gasteiger charge is -2.15. The quantitative estimate of drug-likeness (QED) is 0.424. The normalized spacial score (nSPS) is 10.8. The molecule has 24 heavy (non-hydrogen) atoms. The second-order valence-electron chi connectivity index (χ2n) is 5.45. The summed E-state index contributed by atoms with van der Waals surface area (Å²) in [5, 5.41) is 6.43. The minimum absolute atomic E-state index is 0. The van der Waals surface area contributed by atoms with Crippen LogP contribution in [0.2, 0.25) is 0 Å². The van der Waals surface area contributed by atoms with Crippen LogP contribution in [0.3, 0.4) is 0 Å². The fourth-order valence-corrected chi connectivity index (χ4v) is 2.21. The van der Waals surface area contributed by atoms with Gasteiger partial charge in [-0.2, -0.15) is 0 Å². The molecule has 0 saturated carbocycles. The van der Waals surface area contributed by atoms with Gasteiger partial charge in [0.25, 0.3) is 0 Å². The number of hydrogen-bond donors (Lipinski definition) is 2. The van der Waals surface area contributed by atoms with Crippen molar-refractivity contribution in [2.75, 3.05) is 26.0 Å². The predicted molar refractivity (Wildman–Crippen MR) is 110 cm³/mol. The molecule has 0 unspecified atom stereocenters. The van der Waals surface area contributed by atoms with Crippen molar-refractivity contribution in [3.05, 3.63) is 65.5 Å². The molecular weight excluding hydrogens is 418 g/mol. The largest absolute Gasteiger partial charge is 0.375 e. The van der Waals surface area contributed by atoms with E-state index in [0.29, 0.717) is 24.7 Å². The van der Waals surface area contributed by atoms with Gasteiger partial charge in [-0.1, -0.05) is 36.4 Å². The van der Waals surface area contributed by atoms with Crippen molar-refractivity contribution in [3.8, 4) is 0 Å². The molecule has 2 rings (SSSR count). The molecule has 0 spiro atoms. The van der Waals surface area contributed by atoms with E-state index in [1.165, 1.54) is 5.56 Å². The fraction of sp³-hybridized carbons (Fsp3) is 0.278. The molecular formula is C18H24FIN4. The predicted octanol–water partition coefficient (Wildman–Crippen LogP) is 3.37. The summed E-state index contributed by atoms with van der Waals surface area (Å²) < 4.78 is 14.0. The van der Waals surface area contributed by atoms with Gasteiger partial charge in [0.1, 0.15) is 5.82 Å². The number of benzene rings is 2. The lowest BCUT2D eigenvalue weighted by molar-refractivity contribution is 0.623. The Bertz CT molecular complexity index is 659. The SMILES string of the molecule is CN=C(NCc1ccccc1)NCc1ccc(N(C)C)c(F)c1.I. The Morgan fingerprint density at radius 1 is 1.00 bits per heavy atom. The van der Waals surface area contributed by atoms with Crippen LogP contribution in [0.1, 0.15) is 11.1 Å². The zero-order chi connectivity index (χ0) is 16.7. The summed E-state index contributed by atoms with van der Waals surface area (Å²) in [7, 11) is 5.37. The van der Waals surface area contributed by atoms with Crippen molar-refractivity contribution in [1.82, 2.24) is 10.6 Å². The second kappa shape index (κ2) is 10.1. The molecule has 0 aliphatic rings. The second-order valence-corrected chi connectivity index (χ2v) is 5.45. The van der Waals surface area contributed by atoms with E-state index in [1.807, 2.05) is 38.4 Å². The van der Waals surface area contributed by atoms with Crippen molar-refractivity contribution in [1.29, 1.82) is 0 Å². The molecule has 2 N–H and O–H groups in total. The number of nitrogens with one attached hydrogen (secondary N) is 2. The molecule has 0 saturated heterocycles. The number of aliphatic imine (C=N–C) groups is 1. The Balaban J connectivity index is 0.00000288. The highest BCUT2D eigenvalue weighted by Gasteiger charge is 2.06. The van der Waals surface area contributed by atoms with Crippen LogP contribution in [0.4, 0.5) is 10.1 Å². The molecule has 6 heteroatoms. The molecule has 4 nitrogen and oxygen atoms in total. The molecule has 2 aromatic rings. The van der Waals surface area contributed by atoms with Crippen LogP contribution in [-0.4, -0.2) is 27.1 Å². The smallest absolute Gasteiger partial charge is 0.191 e. The molecule has 0 amide bonds. The first-order valence-electron chi connectivity index (χ1n) is 7.54. The summed E-state index contributed by atoms with van der Waals surface area (Å²) in [5.74, 6) is 0.465. The van der Waals surface area contributed by atoms with Gasteiger partial charge in [0.15, 0.2) is 5.96 Å². The monoisotopic (exact) mass is 442 g/mol. The summed E-state index contributed by atoms with van der Waals surface area (Å²) >= 11 is 0. The maximum absolute atomic E-state index is 14.0. The zero-order valence-corrected chi connectivity index (χ0v) is 16.5. The Hall–Kier alpha value is -1.83. The minimum Gasteiger partial charge on any atom is -0.375 e. The van der Waals surface area contributed by atoms with Gasteiger partial charge in [0.05, 0.1) is 5.69 Å². The van der Waals surface area contributed by atoms with Gasteiger partial charge < -0.3 is 15.5 Å². The zero-order valence-electron chi connectivity index (χ0n) is 14.2. The molecule has 0 aliphatic heterocycles. The van der Waals surface area contributed by atoms with E-state index < -0.39 is 0 Å². The maximum Gasteiger partial charge on any atom is 0.191 e. The molecule has 0 aromatic heterocycles. The van der Waals surface area contributed by atoms with E-state index in [1.54, 1.807) is 24.1 Å². The van der Waals surface area contributed by atoms with Crippen molar-refractivity contribution < 1.29 is 4.39 Å². The molecule has 0 bridgehead atoms. The number of halogens is 2. The minimum atomic E-state index is -0.221. The van der Waals surface area contributed by atoms with Gasteiger partial charge in [0.2, 0.25) is 0 Å². The first-order chi connectivity index (χ1) is 11.1. The Morgan fingerprint density at radius 3 is 2.17 bits per heavy atom. The molecule has 0 radical (unpaired) electrons. The van der Waals surface area contributed by atoms with E-state index in [0.717, 1.165) is 5.56 Å².